The molecule has 1 heterocycles. The molecule has 2 heteroatoms. The van der Waals surface area contributed by atoms with E-state index in [4.69, 9.17) is 4.74 Å². The first-order valence-corrected chi connectivity index (χ1v) is 5.73. The third-order valence-corrected chi connectivity index (χ3v) is 2.86. The minimum atomic E-state index is 0.356. The van der Waals surface area contributed by atoms with Crippen LogP contribution >= 0.6 is 0 Å². The molecule has 0 aromatic heterocycles. The number of hydrogen-bond donors (Lipinski definition) is 1. The molecule has 1 N–H and O–H groups in total. The summed E-state index contributed by atoms with van der Waals surface area (Å²) in [6.07, 6.45) is 1.47. The molecule has 0 amide bonds. The van der Waals surface area contributed by atoms with Crippen LogP contribution in [0.25, 0.3) is 0 Å². The summed E-state index contributed by atoms with van der Waals surface area (Å²) in [5.41, 5.74) is 1.37. The van der Waals surface area contributed by atoms with E-state index in [2.05, 4.69) is 43.4 Å². The second kappa shape index (κ2) is 4.67. The lowest BCUT2D eigenvalue weighted by Gasteiger charge is -2.13. The summed E-state index contributed by atoms with van der Waals surface area (Å²) >= 11 is 0. The summed E-state index contributed by atoms with van der Waals surface area (Å²) in [6.45, 7) is 6.47. The molecule has 1 fully saturated rings. The summed E-state index contributed by atoms with van der Waals surface area (Å²) in [4.78, 5) is 0. The van der Waals surface area contributed by atoms with Crippen LogP contribution in [0.2, 0.25) is 0 Å². The SMILES string of the molecule is CC(C)c1ccc(O[C@@H]2CCNC2)cc1. The minimum Gasteiger partial charge on any atom is -0.489 e. The van der Waals surface area contributed by atoms with Crippen LogP contribution in [0, 0.1) is 0 Å². The topological polar surface area (TPSA) is 21.3 Å². The lowest BCUT2D eigenvalue weighted by atomic mass is 10.0. The molecule has 0 unspecified atom stereocenters. The maximum absolute atomic E-state index is 5.85. The van der Waals surface area contributed by atoms with E-state index in [9.17, 15) is 0 Å². The third kappa shape index (κ3) is 2.72. The van der Waals surface area contributed by atoms with E-state index in [0.717, 1.165) is 25.3 Å². The van der Waals surface area contributed by atoms with Crippen molar-refractivity contribution >= 4 is 0 Å². The predicted molar refractivity (Wildman–Crippen MR) is 62.4 cm³/mol. The third-order valence-electron chi connectivity index (χ3n) is 2.86. The Morgan fingerprint density at radius 3 is 2.53 bits per heavy atom. The fourth-order valence-corrected chi connectivity index (χ4v) is 1.85. The van der Waals surface area contributed by atoms with Crippen molar-refractivity contribution in [3.8, 4) is 5.75 Å². The highest BCUT2D eigenvalue weighted by Gasteiger charge is 2.15. The molecular formula is C13H19NO. The Labute approximate surface area is 91.6 Å². The lowest BCUT2D eigenvalue weighted by Crippen LogP contribution is -2.19. The Balaban J connectivity index is 1.97. The molecule has 0 bridgehead atoms. The van der Waals surface area contributed by atoms with Crippen molar-refractivity contribution in [1.29, 1.82) is 0 Å². The summed E-state index contributed by atoms with van der Waals surface area (Å²) in [6, 6.07) is 8.46. The molecule has 0 radical (unpaired) electrons. The van der Waals surface area contributed by atoms with Crippen molar-refractivity contribution < 1.29 is 4.74 Å². The van der Waals surface area contributed by atoms with Gasteiger partial charge in [-0.25, -0.2) is 0 Å². The molecule has 1 aromatic rings. The number of hydrogen-bond acceptors (Lipinski definition) is 2. The van der Waals surface area contributed by atoms with Crippen molar-refractivity contribution in [2.45, 2.75) is 32.3 Å². The standard InChI is InChI=1S/C13H19NO/c1-10(2)11-3-5-12(6-4-11)15-13-7-8-14-9-13/h3-6,10,13-14H,7-9H2,1-2H3/t13-/m1/s1. The highest BCUT2D eigenvalue weighted by molar-refractivity contribution is 5.29. The van der Waals surface area contributed by atoms with E-state index < -0.39 is 0 Å². The van der Waals surface area contributed by atoms with Gasteiger partial charge in [-0.1, -0.05) is 26.0 Å². The Bertz CT molecular complexity index is 299. The summed E-state index contributed by atoms with van der Waals surface area (Å²) in [5, 5.41) is 3.30. The van der Waals surface area contributed by atoms with Gasteiger partial charge in [0.1, 0.15) is 11.9 Å². The fourth-order valence-electron chi connectivity index (χ4n) is 1.85. The molecule has 15 heavy (non-hydrogen) atoms. The van der Waals surface area contributed by atoms with Crippen LogP contribution in [-0.4, -0.2) is 19.2 Å². The Hall–Kier alpha value is -1.02. The molecule has 2 nitrogen and oxygen atoms in total. The zero-order valence-electron chi connectivity index (χ0n) is 9.49. The number of nitrogens with one attached hydrogen (secondary N) is 1. The zero-order valence-corrected chi connectivity index (χ0v) is 9.49. The van der Waals surface area contributed by atoms with Gasteiger partial charge in [0.05, 0.1) is 0 Å². The van der Waals surface area contributed by atoms with Gasteiger partial charge in [-0.15, -0.1) is 0 Å². The van der Waals surface area contributed by atoms with Crippen molar-refractivity contribution in [1.82, 2.24) is 5.32 Å². The molecule has 0 spiro atoms. The van der Waals surface area contributed by atoms with E-state index in [1.165, 1.54) is 5.56 Å². The van der Waals surface area contributed by atoms with Crippen molar-refractivity contribution in [2.24, 2.45) is 0 Å². The monoisotopic (exact) mass is 205 g/mol. The van der Waals surface area contributed by atoms with Gasteiger partial charge in [0.15, 0.2) is 0 Å². The molecule has 1 aliphatic heterocycles. The Morgan fingerprint density at radius 1 is 1.27 bits per heavy atom. The van der Waals surface area contributed by atoms with Crippen LogP contribution in [0.3, 0.4) is 0 Å². The van der Waals surface area contributed by atoms with E-state index in [0.29, 0.717) is 12.0 Å². The molecule has 1 aliphatic rings. The quantitative estimate of drug-likeness (QED) is 0.818. The molecular weight excluding hydrogens is 186 g/mol. The van der Waals surface area contributed by atoms with Gasteiger partial charge in [-0.2, -0.15) is 0 Å². The van der Waals surface area contributed by atoms with Gasteiger partial charge in [0, 0.05) is 6.54 Å². The largest absolute Gasteiger partial charge is 0.489 e. The van der Waals surface area contributed by atoms with Crippen LogP contribution in [0.4, 0.5) is 0 Å². The van der Waals surface area contributed by atoms with Gasteiger partial charge < -0.3 is 10.1 Å². The van der Waals surface area contributed by atoms with Crippen LogP contribution < -0.4 is 10.1 Å². The highest BCUT2D eigenvalue weighted by Crippen LogP contribution is 2.20. The summed E-state index contributed by atoms with van der Waals surface area (Å²) < 4.78 is 5.85. The van der Waals surface area contributed by atoms with E-state index in [-0.39, 0.29) is 0 Å². The van der Waals surface area contributed by atoms with Gasteiger partial charge in [0.2, 0.25) is 0 Å². The normalized spacial score (nSPS) is 20.9. The van der Waals surface area contributed by atoms with Crippen LogP contribution in [0.5, 0.6) is 5.75 Å². The first-order chi connectivity index (χ1) is 7.25. The van der Waals surface area contributed by atoms with Crippen LogP contribution in [0.15, 0.2) is 24.3 Å². The number of rotatable bonds is 3. The fraction of sp³-hybridized carbons (Fsp3) is 0.538. The average Bonchev–Trinajstić information content (AvgIpc) is 2.71. The number of benzene rings is 1. The maximum atomic E-state index is 5.85. The summed E-state index contributed by atoms with van der Waals surface area (Å²) in [5.74, 6) is 1.58. The van der Waals surface area contributed by atoms with Crippen molar-refractivity contribution in [2.75, 3.05) is 13.1 Å². The molecule has 82 valence electrons. The zero-order chi connectivity index (χ0) is 10.7. The smallest absolute Gasteiger partial charge is 0.119 e. The first-order valence-electron chi connectivity index (χ1n) is 5.73. The second-order valence-corrected chi connectivity index (χ2v) is 4.46. The van der Waals surface area contributed by atoms with Gasteiger partial charge in [-0.3, -0.25) is 0 Å². The minimum absolute atomic E-state index is 0.356. The molecule has 1 aromatic carbocycles. The molecule has 1 atom stereocenters. The van der Waals surface area contributed by atoms with E-state index in [1.807, 2.05) is 0 Å². The first kappa shape index (κ1) is 10.5. The molecule has 0 saturated carbocycles. The second-order valence-electron chi connectivity index (χ2n) is 4.46. The van der Waals surface area contributed by atoms with Gasteiger partial charge in [-0.05, 0) is 36.6 Å². The van der Waals surface area contributed by atoms with Crippen molar-refractivity contribution in [3.63, 3.8) is 0 Å². The molecule has 1 saturated heterocycles. The van der Waals surface area contributed by atoms with Gasteiger partial charge in [0.25, 0.3) is 0 Å². The Kier molecular flexibility index (Phi) is 3.27. The van der Waals surface area contributed by atoms with E-state index in [1.54, 1.807) is 0 Å². The molecule has 0 aliphatic carbocycles. The Morgan fingerprint density at radius 2 is 2.00 bits per heavy atom. The lowest BCUT2D eigenvalue weighted by molar-refractivity contribution is 0.223. The predicted octanol–water partition coefficient (Wildman–Crippen LogP) is 2.55. The van der Waals surface area contributed by atoms with E-state index >= 15 is 0 Å². The van der Waals surface area contributed by atoms with Crippen LogP contribution in [-0.2, 0) is 0 Å². The van der Waals surface area contributed by atoms with Crippen molar-refractivity contribution in [3.05, 3.63) is 29.8 Å². The average molecular weight is 205 g/mol. The van der Waals surface area contributed by atoms with Gasteiger partial charge >= 0.3 is 0 Å². The molecule has 2 rings (SSSR count). The maximum Gasteiger partial charge on any atom is 0.119 e. The summed E-state index contributed by atoms with van der Waals surface area (Å²) in [7, 11) is 0. The number of ether oxygens (including phenoxy) is 1. The van der Waals surface area contributed by atoms with Crippen LogP contribution in [0.1, 0.15) is 31.7 Å². The highest BCUT2D eigenvalue weighted by atomic mass is 16.5.